The summed E-state index contributed by atoms with van der Waals surface area (Å²) < 4.78 is 0. The van der Waals surface area contributed by atoms with Crippen molar-refractivity contribution >= 4 is 46.6 Å². The number of aryl methyl sites for hydroxylation is 2. The zero-order valence-corrected chi connectivity index (χ0v) is 20.3. The first-order valence-corrected chi connectivity index (χ1v) is 12.2. The highest BCUT2D eigenvalue weighted by Gasteiger charge is 2.71. The van der Waals surface area contributed by atoms with Gasteiger partial charge in [-0.15, -0.1) is 0 Å². The number of halogens is 1. The molecule has 4 N–H and O–H groups in total. The number of nitrogens with two attached hydrogens (primary N) is 1. The summed E-state index contributed by atoms with van der Waals surface area (Å²) in [5, 5.41) is 6.33. The molecule has 3 heterocycles. The van der Waals surface area contributed by atoms with Gasteiger partial charge in [0.05, 0.1) is 28.2 Å². The maximum absolute atomic E-state index is 13.9. The molecule has 2 aromatic rings. The Morgan fingerprint density at radius 3 is 2.51 bits per heavy atom. The van der Waals surface area contributed by atoms with Gasteiger partial charge < -0.3 is 11.1 Å². The van der Waals surface area contributed by atoms with E-state index in [1.165, 1.54) is 0 Å². The van der Waals surface area contributed by atoms with Crippen molar-refractivity contribution in [3.05, 3.63) is 58.1 Å². The summed E-state index contributed by atoms with van der Waals surface area (Å²) in [5.41, 5.74) is 7.25. The molecular formula is C26H27ClN4O4. The first-order chi connectivity index (χ1) is 16.7. The van der Waals surface area contributed by atoms with Crippen LogP contribution in [-0.2, 0) is 31.1 Å². The average molecular weight is 495 g/mol. The van der Waals surface area contributed by atoms with E-state index in [1.807, 2.05) is 19.1 Å². The van der Waals surface area contributed by atoms with E-state index in [-0.39, 0.29) is 6.42 Å². The summed E-state index contributed by atoms with van der Waals surface area (Å²) in [4.78, 5) is 54.2. The fourth-order valence-corrected chi connectivity index (χ4v) is 6.15. The lowest BCUT2D eigenvalue weighted by molar-refractivity contribution is -0.130. The molecule has 3 aliphatic heterocycles. The number of primary amides is 1. The molecule has 1 spiro atoms. The van der Waals surface area contributed by atoms with Crippen molar-refractivity contribution in [1.29, 1.82) is 0 Å². The molecule has 182 valence electrons. The maximum atomic E-state index is 13.9. The quantitative estimate of drug-likeness (QED) is 0.533. The van der Waals surface area contributed by atoms with Crippen molar-refractivity contribution in [2.45, 2.75) is 51.1 Å². The third kappa shape index (κ3) is 3.46. The number of carbonyl (C=O) groups excluding carboxylic acids is 4. The molecule has 2 fully saturated rings. The molecule has 4 atom stereocenters. The molecule has 8 nitrogen and oxygen atoms in total. The Morgan fingerprint density at radius 1 is 1.14 bits per heavy atom. The molecule has 0 unspecified atom stereocenters. The minimum atomic E-state index is -1.53. The number of hydrogen-bond donors (Lipinski definition) is 3. The Morgan fingerprint density at radius 2 is 1.86 bits per heavy atom. The second-order valence-electron chi connectivity index (χ2n) is 9.64. The molecule has 9 heteroatoms. The van der Waals surface area contributed by atoms with Crippen LogP contribution < -0.4 is 21.3 Å². The van der Waals surface area contributed by atoms with Crippen LogP contribution in [0, 0.1) is 18.8 Å². The molecule has 0 aromatic heterocycles. The van der Waals surface area contributed by atoms with Crippen LogP contribution in [0.25, 0.3) is 0 Å². The number of carbonyl (C=O) groups is 4. The van der Waals surface area contributed by atoms with Gasteiger partial charge in [0.25, 0.3) is 0 Å². The van der Waals surface area contributed by atoms with Crippen LogP contribution in [0.3, 0.4) is 0 Å². The van der Waals surface area contributed by atoms with Crippen molar-refractivity contribution in [3.63, 3.8) is 0 Å². The normalized spacial score (nSPS) is 26.9. The van der Waals surface area contributed by atoms with Crippen molar-refractivity contribution in [2.75, 3.05) is 10.2 Å². The number of imide groups is 1. The Bertz CT molecular complexity index is 1260. The summed E-state index contributed by atoms with van der Waals surface area (Å²) in [6, 6.07) is 10.1. The predicted molar refractivity (Wildman–Crippen MR) is 132 cm³/mol. The van der Waals surface area contributed by atoms with Gasteiger partial charge in [0.15, 0.2) is 0 Å². The molecule has 0 saturated carbocycles. The number of anilines is 2. The van der Waals surface area contributed by atoms with Gasteiger partial charge in [0.1, 0.15) is 5.54 Å². The summed E-state index contributed by atoms with van der Waals surface area (Å²) in [6.07, 6.45) is 2.84. The number of nitrogens with zero attached hydrogens (tertiary/aromatic N) is 1. The fraction of sp³-hybridized carbons (Fsp3) is 0.385. The molecule has 2 aromatic carbocycles. The molecule has 2 saturated heterocycles. The summed E-state index contributed by atoms with van der Waals surface area (Å²) in [7, 11) is 0. The van der Waals surface area contributed by atoms with Crippen LogP contribution >= 0.6 is 11.6 Å². The molecule has 0 aliphatic carbocycles. The third-order valence-corrected chi connectivity index (χ3v) is 7.65. The van der Waals surface area contributed by atoms with Gasteiger partial charge in [-0.2, -0.15) is 0 Å². The lowest BCUT2D eigenvalue weighted by atomic mass is 9.76. The van der Waals surface area contributed by atoms with Crippen molar-refractivity contribution in [1.82, 2.24) is 5.32 Å². The standard InChI is InChI=1S/C26H27ClN4O4/c1-3-4-5-14-6-8-15(9-7-14)31-23(33)20-18(12-19(28)32)30-26(21(20)24(31)34)16-10-13(2)11-17(27)22(16)29-25(26)35/h6-11,18,20-21,30H,3-5,12H2,1-2H3,(H2,28,32)(H,29,35)/t18-,20-,21+,26+/m1/s1. The minimum Gasteiger partial charge on any atom is -0.370 e. The molecule has 4 amide bonds. The van der Waals surface area contributed by atoms with Gasteiger partial charge in [-0.1, -0.05) is 43.1 Å². The monoisotopic (exact) mass is 494 g/mol. The number of rotatable bonds is 6. The first kappa shape index (κ1) is 23.5. The SMILES string of the molecule is CCCCc1ccc(N2C(=O)[C@H]3[C@@H](C2=O)[C@]2(N[C@@H]3CC(N)=O)C(=O)Nc3c(Cl)cc(C)cc32)cc1. The summed E-state index contributed by atoms with van der Waals surface area (Å²) >= 11 is 6.43. The largest absolute Gasteiger partial charge is 0.370 e. The van der Waals surface area contributed by atoms with E-state index in [0.29, 0.717) is 22.0 Å². The van der Waals surface area contributed by atoms with Crippen molar-refractivity contribution in [3.8, 4) is 0 Å². The Hall–Kier alpha value is -3.23. The van der Waals surface area contributed by atoms with E-state index in [2.05, 4.69) is 17.6 Å². The number of fused-ring (bicyclic) bond motifs is 4. The number of hydrogen-bond acceptors (Lipinski definition) is 5. The average Bonchev–Trinajstić information content (AvgIpc) is 3.38. The zero-order valence-electron chi connectivity index (χ0n) is 19.6. The number of benzene rings is 2. The highest BCUT2D eigenvalue weighted by molar-refractivity contribution is 6.35. The number of unbranched alkanes of at least 4 members (excludes halogenated alkanes) is 1. The van der Waals surface area contributed by atoms with Gasteiger partial charge in [-0.3, -0.25) is 24.5 Å². The lowest BCUT2D eigenvalue weighted by Crippen LogP contribution is -2.53. The smallest absolute Gasteiger partial charge is 0.250 e. The lowest BCUT2D eigenvalue weighted by Gasteiger charge is -2.29. The van der Waals surface area contributed by atoms with Crippen LogP contribution in [-0.4, -0.2) is 29.7 Å². The van der Waals surface area contributed by atoms with E-state index < -0.39 is 47.0 Å². The van der Waals surface area contributed by atoms with Crippen molar-refractivity contribution in [2.24, 2.45) is 17.6 Å². The van der Waals surface area contributed by atoms with E-state index in [9.17, 15) is 19.2 Å². The first-order valence-electron chi connectivity index (χ1n) is 11.8. The number of nitrogens with one attached hydrogen (secondary N) is 2. The molecule has 0 bridgehead atoms. The van der Waals surface area contributed by atoms with E-state index in [4.69, 9.17) is 17.3 Å². The van der Waals surface area contributed by atoms with Crippen LogP contribution in [0.4, 0.5) is 11.4 Å². The topological polar surface area (TPSA) is 122 Å². The molecular weight excluding hydrogens is 468 g/mol. The highest BCUT2D eigenvalue weighted by Crippen LogP contribution is 2.55. The Labute approximate surface area is 208 Å². The van der Waals surface area contributed by atoms with Gasteiger partial charge in [0, 0.05) is 18.0 Å². The maximum Gasteiger partial charge on any atom is 0.250 e. The zero-order chi connectivity index (χ0) is 25.1. The number of amides is 4. The van der Waals surface area contributed by atoms with Gasteiger partial charge >= 0.3 is 0 Å². The van der Waals surface area contributed by atoms with Gasteiger partial charge in [-0.25, -0.2) is 4.90 Å². The summed E-state index contributed by atoms with van der Waals surface area (Å²) in [6.45, 7) is 3.96. The van der Waals surface area contributed by atoms with Crippen LogP contribution in [0.2, 0.25) is 5.02 Å². The van der Waals surface area contributed by atoms with Gasteiger partial charge in [-0.05, 0) is 49.1 Å². The van der Waals surface area contributed by atoms with E-state index in [1.54, 1.807) is 24.3 Å². The van der Waals surface area contributed by atoms with Gasteiger partial charge in [0.2, 0.25) is 23.6 Å². The molecule has 5 rings (SSSR count). The molecule has 0 radical (unpaired) electrons. The third-order valence-electron chi connectivity index (χ3n) is 7.35. The Balaban J connectivity index is 1.61. The van der Waals surface area contributed by atoms with E-state index >= 15 is 0 Å². The van der Waals surface area contributed by atoms with Crippen LogP contribution in [0.15, 0.2) is 36.4 Å². The van der Waals surface area contributed by atoms with Crippen LogP contribution in [0.5, 0.6) is 0 Å². The molecule has 35 heavy (non-hydrogen) atoms. The second kappa shape index (κ2) is 8.46. The summed E-state index contributed by atoms with van der Waals surface area (Å²) in [5.74, 6) is -4.00. The van der Waals surface area contributed by atoms with Crippen LogP contribution in [0.1, 0.15) is 42.9 Å². The predicted octanol–water partition coefficient (Wildman–Crippen LogP) is 2.79. The molecule has 3 aliphatic rings. The highest BCUT2D eigenvalue weighted by atomic mass is 35.5. The minimum absolute atomic E-state index is 0.187. The van der Waals surface area contributed by atoms with E-state index in [0.717, 1.165) is 35.3 Å². The second-order valence-corrected chi connectivity index (χ2v) is 10.0. The Kier molecular flexibility index (Phi) is 5.68. The fourth-order valence-electron chi connectivity index (χ4n) is 5.83. The van der Waals surface area contributed by atoms with Crippen molar-refractivity contribution < 1.29 is 19.2 Å².